The van der Waals surface area contributed by atoms with Gasteiger partial charge in [0.1, 0.15) is 5.69 Å². The number of aryl methyl sites for hydroxylation is 2. The minimum Gasteiger partial charge on any atom is -0.292 e. The van der Waals surface area contributed by atoms with E-state index < -0.39 is 0 Å². The molecule has 0 aliphatic heterocycles. The van der Waals surface area contributed by atoms with E-state index in [9.17, 15) is 4.79 Å². The van der Waals surface area contributed by atoms with Crippen molar-refractivity contribution in [3.8, 4) is 0 Å². The number of hydrogen-bond donors (Lipinski definition) is 0. The van der Waals surface area contributed by atoms with Crippen LogP contribution in [0.5, 0.6) is 0 Å². The molecule has 4 heteroatoms. The Morgan fingerprint density at radius 2 is 2.21 bits per heavy atom. The van der Waals surface area contributed by atoms with Gasteiger partial charge in [-0.3, -0.25) is 9.48 Å². The van der Waals surface area contributed by atoms with Gasteiger partial charge in [0.2, 0.25) is 0 Å². The van der Waals surface area contributed by atoms with E-state index in [-0.39, 0.29) is 5.78 Å². The van der Waals surface area contributed by atoms with Gasteiger partial charge in [-0.1, -0.05) is 24.6 Å². The second-order valence-corrected chi connectivity index (χ2v) is 5.52. The second-order valence-electron chi connectivity index (χ2n) is 4.47. The topological polar surface area (TPSA) is 34.9 Å². The lowest BCUT2D eigenvalue weighted by Gasteiger charge is -2.05. The van der Waals surface area contributed by atoms with E-state index in [1.54, 1.807) is 28.7 Å². The van der Waals surface area contributed by atoms with Crippen LogP contribution in [0.1, 0.15) is 29.4 Å². The van der Waals surface area contributed by atoms with E-state index in [0.717, 1.165) is 17.9 Å². The fourth-order valence-electron chi connectivity index (χ4n) is 1.89. The summed E-state index contributed by atoms with van der Waals surface area (Å²) in [7, 11) is 0. The molecule has 0 N–H and O–H groups in total. The summed E-state index contributed by atoms with van der Waals surface area (Å²) in [5.41, 5.74) is 1.93. The third kappa shape index (κ3) is 3.70. The molecule has 0 aliphatic rings. The van der Waals surface area contributed by atoms with Crippen LogP contribution in [0.3, 0.4) is 0 Å². The molecule has 0 radical (unpaired) electrons. The van der Waals surface area contributed by atoms with E-state index in [2.05, 4.69) is 31.1 Å². The molecule has 2 rings (SSSR count). The van der Waals surface area contributed by atoms with Crippen LogP contribution in [-0.2, 0) is 6.54 Å². The van der Waals surface area contributed by atoms with Gasteiger partial charge >= 0.3 is 0 Å². The van der Waals surface area contributed by atoms with Gasteiger partial charge in [0.25, 0.3) is 0 Å². The zero-order valence-electron chi connectivity index (χ0n) is 11.3. The smallest absolute Gasteiger partial charge is 0.191 e. The zero-order chi connectivity index (χ0) is 13.7. The quantitative estimate of drug-likeness (QED) is 0.596. The molecule has 0 saturated carbocycles. The van der Waals surface area contributed by atoms with Crippen LogP contribution in [0.15, 0.2) is 41.4 Å². The molecule has 0 unspecified atom stereocenters. The molecule has 0 saturated heterocycles. The standard InChI is InChI=1S/C15H18N2OS/c1-3-9-17-14(7-8-16-17)15(18)11-19-13-6-4-5-12(2)10-13/h4-8,10H,3,9,11H2,1-2H3. The summed E-state index contributed by atoms with van der Waals surface area (Å²) >= 11 is 1.58. The van der Waals surface area contributed by atoms with E-state index in [1.165, 1.54) is 5.56 Å². The van der Waals surface area contributed by atoms with Gasteiger partial charge in [-0.25, -0.2) is 0 Å². The first-order valence-corrected chi connectivity index (χ1v) is 7.43. The van der Waals surface area contributed by atoms with Crippen molar-refractivity contribution in [3.05, 3.63) is 47.8 Å². The van der Waals surface area contributed by atoms with Crippen LogP contribution in [0, 0.1) is 6.92 Å². The van der Waals surface area contributed by atoms with Crippen LogP contribution in [0.25, 0.3) is 0 Å². The molecular formula is C15H18N2OS. The van der Waals surface area contributed by atoms with Crippen molar-refractivity contribution in [3.63, 3.8) is 0 Å². The van der Waals surface area contributed by atoms with Crippen LogP contribution in [0.4, 0.5) is 0 Å². The molecule has 1 aromatic carbocycles. The third-order valence-corrected chi connectivity index (χ3v) is 3.79. The molecular weight excluding hydrogens is 256 g/mol. The molecule has 1 heterocycles. The SMILES string of the molecule is CCCn1nccc1C(=O)CSc1cccc(C)c1. The number of carbonyl (C=O) groups excluding carboxylic acids is 1. The van der Waals surface area contributed by atoms with Crippen molar-refractivity contribution in [1.82, 2.24) is 9.78 Å². The number of carbonyl (C=O) groups is 1. The van der Waals surface area contributed by atoms with E-state index >= 15 is 0 Å². The highest BCUT2D eigenvalue weighted by molar-refractivity contribution is 8.00. The number of benzene rings is 1. The zero-order valence-corrected chi connectivity index (χ0v) is 12.1. The van der Waals surface area contributed by atoms with Crippen LogP contribution in [-0.4, -0.2) is 21.3 Å². The summed E-state index contributed by atoms with van der Waals surface area (Å²) in [5, 5.41) is 4.18. The molecule has 100 valence electrons. The summed E-state index contributed by atoms with van der Waals surface area (Å²) < 4.78 is 1.79. The highest BCUT2D eigenvalue weighted by atomic mass is 32.2. The third-order valence-electron chi connectivity index (χ3n) is 2.80. The largest absolute Gasteiger partial charge is 0.292 e. The van der Waals surface area contributed by atoms with Crippen molar-refractivity contribution >= 4 is 17.5 Å². The fourth-order valence-corrected chi connectivity index (χ4v) is 2.78. The molecule has 0 atom stereocenters. The lowest BCUT2D eigenvalue weighted by Crippen LogP contribution is -2.12. The molecule has 0 bridgehead atoms. The van der Waals surface area contributed by atoms with Crippen LogP contribution >= 0.6 is 11.8 Å². The predicted octanol–water partition coefficient (Wildman–Crippen LogP) is 3.58. The van der Waals surface area contributed by atoms with Gasteiger partial charge in [-0.05, 0) is 31.5 Å². The molecule has 19 heavy (non-hydrogen) atoms. The first kappa shape index (κ1) is 13.9. The average molecular weight is 274 g/mol. The normalized spacial score (nSPS) is 10.6. The van der Waals surface area contributed by atoms with Crippen molar-refractivity contribution in [1.29, 1.82) is 0 Å². The number of rotatable bonds is 6. The Morgan fingerprint density at radius 1 is 1.37 bits per heavy atom. The van der Waals surface area contributed by atoms with Gasteiger partial charge in [0, 0.05) is 17.6 Å². The number of hydrogen-bond acceptors (Lipinski definition) is 3. The predicted molar refractivity (Wildman–Crippen MR) is 78.8 cm³/mol. The van der Waals surface area contributed by atoms with Gasteiger partial charge in [0.05, 0.1) is 5.75 Å². The first-order chi connectivity index (χ1) is 9.20. The molecule has 0 amide bonds. The van der Waals surface area contributed by atoms with Gasteiger partial charge in [0.15, 0.2) is 5.78 Å². The van der Waals surface area contributed by atoms with Crippen molar-refractivity contribution in [2.75, 3.05) is 5.75 Å². The highest BCUT2D eigenvalue weighted by Crippen LogP contribution is 2.20. The van der Waals surface area contributed by atoms with Crippen molar-refractivity contribution < 1.29 is 4.79 Å². The maximum Gasteiger partial charge on any atom is 0.191 e. The van der Waals surface area contributed by atoms with E-state index in [0.29, 0.717) is 11.4 Å². The highest BCUT2D eigenvalue weighted by Gasteiger charge is 2.11. The van der Waals surface area contributed by atoms with Crippen LogP contribution < -0.4 is 0 Å². The minimum atomic E-state index is 0.137. The fraction of sp³-hybridized carbons (Fsp3) is 0.333. The van der Waals surface area contributed by atoms with Crippen molar-refractivity contribution in [2.24, 2.45) is 0 Å². The Labute approximate surface area is 118 Å². The molecule has 0 fully saturated rings. The Balaban J connectivity index is 1.99. The Morgan fingerprint density at radius 3 is 2.95 bits per heavy atom. The van der Waals surface area contributed by atoms with Gasteiger partial charge < -0.3 is 0 Å². The monoisotopic (exact) mass is 274 g/mol. The summed E-state index contributed by atoms with van der Waals surface area (Å²) in [5.74, 6) is 0.594. The Kier molecular flexibility index (Phi) is 4.80. The van der Waals surface area contributed by atoms with Gasteiger partial charge in [-0.2, -0.15) is 5.10 Å². The maximum atomic E-state index is 12.2. The molecule has 1 aromatic heterocycles. The summed E-state index contributed by atoms with van der Waals surface area (Å²) in [4.78, 5) is 13.3. The number of thioether (sulfide) groups is 1. The van der Waals surface area contributed by atoms with E-state index in [1.807, 2.05) is 12.1 Å². The molecule has 2 aromatic rings. The second kappa shape index (κ2) is 6.57. The lowest BCUT2D eigenvalue weighted by molar-refractivity contribution is 0.101. The van der Waals surface area contributed by atoms with Gasteiger partial charge in [-0.15, -0.1) is 11.8 Å². The number of aromatic nitrogens is 2. The van der Waals surface area contributed by atoms with E-state index in [4.69, 9.17) is 0 Å². The number of ketones is 1. The minimum absolute atomic E-state index is 0.137. The molecule has 0 aliphatic carbocycles. The van der Waals surface area contributed by atoms with Crippen molar-refractivity contribution in [2.45, 2.75) is 31.7 Å². The molecule has 3 nitrogen and oxygen atoms in total. The Bertz CT molecular complexity index is 563. The lowest BCUT2D eigenvalue weighted by atomic mass is 10.2. The number of nitrogens with zero attached hydrogens (tertiary/aromatic N) is 2. The van der Waals surface area contributed by atoms with Crippen LogP contribution in [0.2, 0.25) is 0 Å². The first-order valence-electron chi connectivity index (χ1n) is 6.45. The summed E-state index contributed by atoms with van der Waals surface area (Å²) in [6.07, 6.45) is 2.67. The molecule has 0 spiro atoms. The summed E-state index contributed by atoms with van der Waals surface area (Å²) in [6, 6.07) is 10.0. The Hall–Kier alpha value is -1.55. The average Bonchev–Trinajstić information content (AvgIpc) is 2.85. The number of Topliss-reactive ketones (excluding diaryl/α,β-unsaturated/α-hetero) is 1. The maximum absolute atomic E-state index is 12.2. The summed E-state index contributed by atoms with van der Waals surface area (Å²) in [6.45, 7) is 4.93.